The van der Waals surface area contributed by atoms with Crippen LogP contribution in [0.15, 0.2) is 48.7 Å². The van der Waals surface area contributed by atoms with Crippen molar-refractivity contribution in [2.75, 3.05) is 0 Å². The number of hydrogen-bond donors (Lipinski definition) is 1. The number of aryl methyl sites for hydroxylation is 1. The van der Waals surface area contributed by atoms with E-state index < -0.39 is 0 Å². The van der Waals surface area contributed by atoms with Gasteiger partial charge in [-0.05, 0) is 30.5 Å². The first kappa shape index (κ1) is 13.8. The average Bonchev–Trinajstić information content (AvgIpc) is 2.88. The van der Waals surface area contributed by atoms with Crippen LogP contribution in [0.1, 0.15) is 30.8 Å². The van der Waals surface area contributed by atoms with Crippen LogP contribution in [0.25, 0.3) is 11.2 Å². The van der Waals surface area contributed by atoms with E-state index >= 15 is 0 Å². The topological polar surface area (TPSA) is 56.7 Å². The van der Waals surface area contributed by atoms with Crippen LogP contribution < -0.4 is 5.73 Å². The number of nitrogens with zero attached hydrogens (tertiary/aromatic N) is 3. The molecule has 0 bridgehead atoms. The second kappa shape index (κ2) is 6.06. The summed E-state index contributed by atoms with van der Waals surface area (Å²) in [6, 6.07) is 14.1. The van der Waals surface area contributed by atoms with Crippen molar-refractivity contribution in [1.29, 1.82) is 0 Å². The molecule has 2 heterocycles. The summed E-state index contributed by atoms with van der Waals surface area (Å²) >= 11 is 0. The van der Waals surface area contributed by atoms with Crippen molar-refractivity contribution in [2.24, 2.45) is 5.73 Å². The van der Waals surface area contributed by atoms with Gasteiger partial charge in [-0.1, -0.05) is 37.3 Å². The molecule has 4 heteroatoms. The fourth-order valence-corrected chi connectivity index (χ4v) is 2.66. The molecule has 4 nitrogen and oxygen atoms in total. The highest BCUT2D eigenvalue weighted by Gasteiger charge is 2.17. The molecule has 3 aromatic rings. The summed E-state index contributed by atoms with van der Waals surface area (Å²) in [7, 11) is 0. The lowest BCUT2D eigenvalue weighted by Gasteiger charge is -2.14. The molecule has 0 aliphatic carbocycles. The summed E-state index contributed by atoms with van der Waals surface area (Å²) in [6.07, 6.45) is 3.63. The minimum Gasteiger partial charge on any atom is -0.321 e. The first-order chi connectivity index (χ1) is 10.3. The van der Waals surface area contributed by atoms with Gasteiger partial charge in [-0.3, -0.25) is 0 Å². The fraction of sp³-hybridized carbons (Fsp3) is 0.294. The van der Waals surface area contributed by atoms with E-state index in [9.17, 15) is 0 Å². The number of nitrogens with two attached hydrogens (primary N) is 1. The molecule has 1 unspecified atom stereocenters. The predicted octanol–water partition coefficient (Wildman–Crippen LogP) is 3.08. The Kier molecular flexibility index (Phi) is 3.97. The Hall–Kier alpha value is -2.20. The van der Waals surface area contributed by atoms with Crippen molar-refractivity contribution in [3.63, 3.8) is 0 Å². The molecule has 0 amide bonds. The second-order valence-corrected chi connectivity index (χ2v) is 5.26. The molecule has 2 N–H and O–H groups in total. The monoisotopic (exact) mass is 280 g/mol. The van der Waals surface area contributed by atoms with Crippen molar-refractivity contribution in [1.82, 2.24) is 14.5 Å². The van der Waals surface area contributed by atoms with Gasteiger partial charge in [0.25, 0.3) is 0 Å². The third-order valence-corrected chi connectivity index (χ3v) is 3.61. The number of imidazole rings is 1. The van der Waals surface area contributed by atoms with Gasteiger partial charge in [0, 0.05) is 12.7 Å². The number of aromatic nitrogens is 3. The number of hydrogen-bond acceptors (Lipinski definition) is 3. The third kappa shape index (κ3) is 2.81. The highest BCUT2D eigenvalue weighted by molar-refractivity contribution is 5.71. The Labute approximate surface area is 124 Å². The smallest absolute Gasteiger partial charge is 0.160 e. The molecule has 21 heavy (non-hydrogen) atoms. The van der Waals surface area contributed by atoms with E-state index in [-0.39, 0.29) is 6.04 Å². The van der Waals surface area contributed by atoms with Gasteiger partial charge >= 0.3 is 0 Å². The Morgan fingerprint density at radius 1 is 1.14 bits per heavy atom. The minimum atomic E-state index is -0.117. The standard InChI is InChI=1S/C17H20N4/c1-2-11-21-16(20-15-9-6-10-19-17(15)21)14(18)12-13-7-4-3-5-8-13/h3-10,14H,2,11-12,18H2,1H3. The van der Waals surface area contributed by atoms with Crippen LogP contribution in [-0.4, -0.2) is 14.5 Å². The average molecular weight is 280 g/mol. The van der Waals surface area contributed by atoms with Crippen molar-refractivity contribution in [3.05, 3.63) is 60.0 Å². The van der Waals surface area contributed by atoms with Crippen LogP contribution >= 0.6 is 0 Å². The lowest BCUT2D eigenvalue weighted by atomic mass is 10.1. The summed E-state index contributed by atoms with van der Waals surface area (Å²) in [5.74, 6) is 0.925. The van der Waals surface area contributed by atoms with Crippen LogP contribution in [0.4, 0.5) is 0 Å². The normalized spacial score (nSPS) is 12.7. The summed E-state index contributed by atoms with van der Waals surface area (Å²) in [5.41, 5.74) is 9.49. The largest absolute Gasteiger partial charge is 0.321 e. The van der Waals surface area contributed by atoms with E-state index in [1.54, 1.807) is 0 Å². The fourth-order valence-electron chi connectivity index (χ4n) is 2.66. The molecular formula is C17H20N4. The van der Waals surface area contributed by atoms with E-state index in [0.29, 0.717) is 0 Å². The van der Waals surface area contributed by atoms with Gasteiger partial charge in [-0.15, -0.1) is 0 Å². The minimum absolute atomic E-state index is 0.117. The molecule has 0 aliphatic rings. The maximum atomic E-state index is 6.41. The van der Waals surface area contributed by atoms with Crippen molar-refractivity contribution in [2.45, 2.75) is 32.4 Å². The molecule has 108 valence electrons. The lowest BCUT2D eigenvalue weighted by Crippen LogP contribution is -2.19. The van der Waals surface area contributed by atoms with Gasteiger partial charge in [0.05, 0.1) is 6.04 Å². The third-order valence-electron chi connectivity index (χ3n) is 3.61. The van der Waals surface area contributed by atoms with Crippen molar-refractivity contribution in [3.8, 4) is 0 Å². The molecule has 0 aliphatic heterocycles. The van der Waals surface area contributed by atoms with Crippen LogP contribution in [-0.2, 0) is 13.0 Å². The summed E-state index contributed by atoms with van der Waals surface area (Å²) in [6.45, 7) is 3.05. The van der Waals surface area contributed by atoms with E-state index in [0.717, 1.165) is 36.4 Å². The molecule has 1 aromatic carbocycles. The van der Waals surface area contributed by atoms with Gasteiger partial charge in [0.15, 0.2) is 5.65 Å². The lowest BCUT2D eigenvalue weighted by molar-refractivity contribution is 0.582. The molecule has 0 radical (unpaired) electrons. The molecule has 3 rings (SSSR count). The zero-order valence-electron chi connectivity index (χ0n) is 12.2. The summed E-state index contributed by atoms with van der Waals surface area (Å²) < 4.78 is 2.16. The van der Waals surface area contributed by atoms with Gasteiger partial charge in [0.2, 0.25) is 0 Å². The first-order valence-electron chi connectivity index (χ1n) is 7.40. The molecule has 1 atom stereocenters. The van der Waals surface area contributed by atoms with Crippen LogP contribution in [0.3, 0.4) is 0 Å². The number of fused-ring (bicyclic) bond motifs is 1. The van der Waals surface area contributed by atoms with E-state index in [1.165, 1.54) is 5.56 Å². The van der Waals surface area contributed by atoms with E-state index in [1.807, 2.05) is 36.5 Å². The quantitative estimate of drug-likeness (QED) is 0.781. The highest BCUT2D eigenvalue weighted by atomic mass is 15.1. The molecule has 0 saturated heterocycles. The second-order valence-electron chi connectivity index (χ2n) is 5.26. The van der Waals surface area contributed by atoms with E-state index in [2.05, 4.69) is 28.6 Å². The molecular weight excluding hydrogens is 260 g/mol. The van der Waals surface area contributed by atoms with Gasteiger partial charge in [0.1, 0.15) is 11.3 Å². The molecule has 0 saturated carbocycles. The van der Waals surface area contributed by atoms with E-state index in [4.69, 9.17) is 10.7 Å². The molecule has 2 aromatic heterocycles. The molecule has 0 spiro atoms. The number of benzene rings is 1. The highest BCUT2D eigenvalue weighted by Crippen LogP contribution is 2.21. The van der Waals surface area contributed by atoms with Gasteiger partial charge < -0.3 is 10.3 Å². The number of rotatable bonds is 5. The maximum Gasteiger partial charge on any atom is 0.160 e. The maximum absolute atomic E-state index is 6.41. The summed E-state index contributed by atoms with van der Waals surface area (Å²) in [5, 5.41) is 0. The zero-order valence-corrected chi connectivity index (χ0v) is 12.2. The Balaban J connectivity index is 1.96. The van der Waals surface area contributed by atoms with Gasteiger partial charge in [-0.2, -0.15) is 0 Å². The predicted molar refractivity (Wildman–Crippen MR) is 84.9 cm³/mol. The Morgan fingerprint density at radius 3 is 2.71 bits per heavy atom. The van der Waals surface area contributed by atoms with Gasteiger partial charge in [-0.25, -0.2) is 9.97 Å². The Morgan fingerprint density at radius 2 is 1.95 bits per heavy atom. The van der Waals surface area contributed by atoms with Crippen LogP contribution in [0, 0.1) is 0 Å². The van der Waals surface area contributed by atoms with Crippen LogP contribution in [0.5, 0.6) is 0 Å². The first-order valence-corrected chi connectivity index (χ1v) is 7.40. The summed E-state index contributed by atoms with van der Waals surface area (Å²) in [4.78, 5) is 9.16. The van der Waals surface area contributed by atoms with Crippen LogP contribution in [0.2, 0.25) is 0 Å². The Bertz CT molecular complexity index is 718. The SMILES string of the molecule is CCCn1c(C(N)Cc2ccccc2)nc2cccnc21. The van der Waals surface area contributed by atoms with Crippen molar-refractivity contribution < 1.29 is 0 Å². The molecule has 0 fully saturated rings. The van der Waals surface area contributed by atoms with Crippen molar-refractivity contribution >= 4 is 11.2 Å². The zero-order chi connectivity index (χ0) is 14.7. The number of pyridine rings is 1.